The number of nitriles is 1. The quantitative estimate of drug-likeness (QED) is 0.355. The number of hydrogen-bond acceptors (Lipinski definition) is 8. The van der Waals surface area contributed by atoms with Gasteiger partial charge in [0, 0.05) is 10.9 Å². The van der Waals surface area contributed by atoms with E-state index in [0.29, 0.717) is 39.8 Å². The summed E-state index contributed by atoms with van der Waals surface area (Å²) in [5.74, 6) is 1.60. The van der Waals surface area contributed by atoms with Gasteiger partial charge in [0.2, 0.25) is 8.38 Å². The van der Waals surface area contributed by atoms with Gasteiger partial charge in [0.05, 0.1) is 16.9 Å². The van der Waals surface area contributed by atoms with Gasteiger partial charge in [0.25, 0.3) is 0 Å². The van der Waals surface area contributed by atoms with Crippen LogP contribution in [0.2, 0.25) is 0 Å². The van der Waals surface area contributed by atoms with Crippen molar-refractivity contribution in [3.63, 3.8) is 0 Å². The summed E-state index contributed by atoms with van der Waals surface area (Å²) in [5, 5.41) is 16.2. The fraction of sp³-hybridized carbons (Fsp3) is 0.312. The highest BCUT2D eigenvalue weighted by Gasteiger charge is 2.45. The summed E-state index contributed by atoms with van der Waals surface area (Å²) < 4.78 is 34.8. The molecular formula is C16H15F2N4O3PS2. The Hall–Kier alpha value is -1.83. The summed E-state index contributed by atoms with van der Waals surface area (Å²) >= 11 is 2.29. The van der Waals surface area contributed by atoms with Crippen molar-refractivity contribution in [3.05, 3.63) is 28.9 Å². The number of aromatic amines is 1. The number of hydrogen-bond donors (Lipinski definition) is 3. The van der Waals surface area contributed by atoms with Crippen molar-refractivity contribution in [3.8, 4) is 23.2 Å². The maximum absolute atomic E-state index is 14.3. The number of nitrogens with zero attached hydrogens (tertiary/aromatic N) is 3. The molecule has 3 aromatic rings. The molecular weight excluding hydrogens is 429 g/mol. The second kappa shape index (κ2) is 8.68. The smallest absolute Gasteiger partial charge is 0.349 e. The second-order valence-electron chi connectivity index (χ2n) is 5.63. The number of fused-ring (bicyclic) bond motifs is 1. The Balaban J connectivity index is 2.18. The highest BCUT2D eigenvalue weighted by atomic mass is 32.2. The van der Waals surface area contributed by atoms with Gasteiger partial charge >= 0.3 is 5.66 Å². The number of benzene rings is 1. The van der Waals surface area contributed by atoms with Gasteiger partial charge in [-0.1, -0.05) is 0 Å². The van der Waals surface area contributed by atoms with Crippen LogP contribution in [0.3, 0.4) is 0 Å². The molecule has 28 heavy (non-hydrogen) atoms. The van der Waals surface area contributed by atoms with Crippen molar-refractivity contribution in [2.24, 2.45) is 0 Å². The second-order valence-corrected chi connectivity index (χ2v) is 8.78. The third-order valence-electron chi connectivity index (χ3n) is 3.83. The molecule has 2 aromatic heterocycles. The predicted molar refractivity (Wildman–Crippen MR) is 106 cm³/mol. The van der Waals surface area contributed by atoms with Crippen molar-refractivity contribution in [2.45, 2.75) is 12.1 Å². The van der Waals surface area contributed by atoms with E-state index < -0.39 is 18.9 Å². The molecule has 1 aromatic carbocycles. The van der Waals surface area contributed by atoms with Crippen LogP contribution in [0.1, 0.15) is 16.9 Å². The van der Waals surface area contributed by atoms with Crippen LogP contribution < -0.4 is 4.74 Å². The number of aromatic nitrogens is 3. The SMILES string of the molecule is CSCCCOc1cc(-c2ncn[nH]2)cc2c(C#N)c(C(F)(F)P(O)O)sc12. The molecule has 0 saturated heterocycles. The maximum Gasteiger partial charge on any atom is 0.349 e. The third-order valence-corrected chi connectivity index (χ3v) is 6.69. The van der Waals surface area contributed by atoms with Crippen molar-refractivity contribution < 1.29 is 23.3 Å². The lowest BCUT2D eigenvalue weighted by Gasteiger charge is -2.15. The van der Waals surface area contributed by atoms with Gasteiger partial charge in [-0.2, -0.15) is 30.9 Å². The number of alkyl halides is 2. The molecule has 3 rings (SSSR count). The number of thioether (sulfide) groups is 1. The van der Waals surface area contributed by atoms with Gasteiger partial charge in [-0.15, -0.1) is 11.3 Å². The largest absolute Gasteiger partial charge is 0.492 e. The van der Waals surface area contributed by atoms with E-state index in [2.05, 4.69) is 15.2 Å². The van der Waals surface area contributed by atoms with Crippen LogP contribution in [0.5, 0.6) is 5.75 Å². The number of halogens is 2. The molecule has 0 aliphatic carbocycles. The van der Waals surface area contributed by atoms with Crippen LogP contribution in [0.15, 0.2) is 18.5 Å². The Morgan fingerprint density at radius 1 is 1.43 bits per heavy atom. The average Bonchev–Trinajstić information content (AvgIpc) is 3.32. The van der Waals surface area contributed by atoms with Crippen LogP contribution in [0, 0.1) is 11.3 Å². The van der Waals surface area contributed by atoms with Gasteiger partial charge in [0.1, 0.15) is 23.0 Å². The first-order valence-electron chi connectivity index (χ1n) is 7.94. The first kappa shape index (κ1) is 20.9. The van der Waals surface area contributed by atoms with E-state index in [0.717, 1.165) is 12.2 Å². The van der Waals surface area contributed by atoms with Gasteiger partial charge in [0.15, 0.2) is 5.82 Å². The zero-order chi connectivity index (χ0) is 20.3. The summed E-state index contributed by atoms with van der Waals surface area (Å²) in [7, 11) is -3.59. The molecule has 0 atom stereocenters. The van der Waals surface area contributed by atoms with E-state index in [4.69, 9.17) is 14.5 Å². The molecule has 3 N–H and O–H groups in total. The lowest BCUT2D eigenvalue weighted by molar-refractivity contribution is 0.0770. The standard InChI is InChI=1S/C16H15F2N4O3PS2/c1-27-4-2-3-25-12-6-9(15-20-8-21-22-15)5-10-11(7-19)14(28-13(10)12)16(17,18)26(23)24/h5-6,8,23-24H,2-4H2,1H3,(H,20,21,22). The Bertz CT molecular complexity index is 1010. The molecule has 12 heteroatoms. The zero-order valence-electron chi connectivity index (χ0n) is 14.5. The molecule has 0 spiro atoms. The van der Waals surface area contributed by atoms with Crippen molar-refractivity contribution in [1.82, 2.24) is 15.2 Å². The Morgan fingerprint density at radius 3 is 2.82 bits per heavy atom. The average molecular weight is 444 g/mol. The minimum Gasteiger partial charge on any atom is -0.492 e. The first-order chi connectivity index (χ1) is 13.4. The van der Waals surface area contributed by atoms with E-state index in [-0.39, 0.29) is 10.9 Å². The minimum atomic E-state index is -3.92. The molecule has 0 radical (unpaired) electrons. The van der Waals surface area contributed by atoms with E-state index in [1.165, 1.54) is 12.4 Å². The lowest BCUT2D eigenvalue weighted by atomic mass is 10.1. The summed E-state index contributed by atoms with van der Waals surface area (Å²) in [6.07, 6.45) is 4.03. The topological polar surface area (TPSA) is 115 Å². The number of thiophene rings is 1. The van der Waals surface area contributed by atoms with Gasteiger partial charge in [-0.25, -0.2) is 4.98 Å². The number of rotatable bonds is 8. The molecule has 0 unspecified atom stereocenters. The summed E-state index contributed by atoms with van der Waals surface area (Å²) in [6, 6.07) is 4.95. The molecule has 0 fully saturated rings. The summed E-state index contributed by atoms with van der Waals surface area (Å²) in [5.41, 5.74) is -3.72. The fourth-order valence-electron chi connectivity index (χ4n) is 2.56. The Kier molecular flexibility index (Phi) is 6.47. The van der Waals surface area contributed by atoms with Gasteiger partial charge in [-0.3, -0.25) is 5.10 Å². The molecule has 7 nitrogen and oxygen atoms in total. The fourth-order valence-corrected chi connectivity index (χ4v) is 4.71. The van der Waals surface area contributed by atoms with Crippen LogP contribution in [-0.2, 0) is 5.66 Å². The molecule has 148 valence electrons. The summed E-state index contributed by atoms with van der Waals surface area (Å²) in [6.45, 7) is 0.369. The van der Waals surface area contributed by atoms with Gasteiger partial charge < -0.3 is 14.5 Å². The van der Waals surface area contributed by atoms with Crippen LogP contribution in [0.25, 0.3) is 21.5 Å². The predicted octanol–water partition coefficient (Wildman–Crippen LogP) is 4.04. The highest BCUT2D eigenvalue weighted by molar-refractivity contribution is 7.98. The molecule has 0 aliphatic rings. The maximum atomic E-state index is 14.3. The van der Waals surface area contributed by atoms with Gasteiger partial charge in [-0.05, 0) is 30.6 Å². The number of nitrogens with one attached hydrogen (secondary N) is 1. The molecule has 0 saturated carbocycles. The van der Waals surface area contributed by atoms with Crippen molar-refractivity contribution in [2.75, 3.05) is 18.6 Å². The first-order valence-corrected chi connectivity index (χ1v) is 11.4. The van der Waals surface area contributed by atoms with Crippen LogP contribution in [0.4, 0.5) is 8.78 Å². The van der Waals surface area contributed by atoms with E-state index in [9.17, 15) is 14.0 Å². The normalized spacial score (nSPS) is 11.9. The third kappa shape index (κ3) is 3.97. The van der Waals surface area contributed by atoms with E-state index in [1.54, 1.807) is 23.9 Å². The monoisotopic (exact) mass is 444 g/mol. The molecule has 2 heterocycles. The lowest BCUT2D eigenvalue weighted by Crippen LogP contribution is -2.09. The number of ether oxygens (including phenoxy) is 1. The van der Waals surface area contributed by atoms with Crippen LogP contribution in [-0.4, -0.2) is 43.6 Å². The van der Waals surface area contributed by atoms with Crippen molar-refractivity contribution >= 4 is 41.6 Å². The molecule has 0 aliphatic heterocycles. The van der Waals surface area contributed by atoms with Crippen LogP contribution >= 0.6 is 31.5 Å². The minimum absolute atomic E-state index is 0.243. The van der Waals surface area contributed by atoms with E-state index >= 15 is 0 Å². The van der Waals surface area contributed by atoms with E-state index in [1.807, 2.05) is 6.26 Å². The Morgan fingerprint density at radius 2 is 2.21 bits per heavy atom. The molecule has 0 bridgehead atoms. The highest BCUT2D eigenvalue weighted by Crippen LogP contribution is 2.57. The molecule has 0 amide bonds. The number of H-pyrrole nitrogens is 1. The zero-order valence-corrected chi connectivity index (χ0v) is 17.0. The summed E-state index contributed by atoms with van der Waals surface area (Å²) in [4.78, 5) is 21.7. The Labute approximate surface area is 168 Å². The van der Waals surface area contributed by atoms with Crippen molar-refractivity contribution in [1.29, 1.82) is 5.26 Å².